The second-order valence-corrected chi connectivity index (χ2v) is 9.06. The third-order valence-corrected chi connectivity index (χ3v) is 6.89. The van der Waals surface area contributed by atoms with Crippen LogP contribution in [-0.2, 0) is 28.5 Å². The Kier molecular flexibility index (Phi) is 6.36. The topological polar surface area (TPSA) is 44.8 Å². The molecule has 0 bridgehead atoms. The van der Waals surface area contributed by atoms with Crippen molar-refractivity contribution in [2.24, 2.45) is 0 Å². The lowest BCUT2D eigenvalue weighted by Gasteiger charge is -2.20. The first-order valence-electron chi connectivity index (χ1n) is 11.7. The van der Waals surface area contributed by atoms with Crippen LogP contribution < -0.4 is 9.47 Å². The number of halogens is 4. The molecule has 3 aromatic carbocycles. The molecule has 1 aliphatic carbocycles. The Labute approximate surface area is 205 Å². The molecule has 0 radical (unpaired) electrons. The van der Waals surface area contributed by atoms with Crippen LogP contribution in [0.5, 0.6) is 11.5 Å². The molecule has 2 atom stereocenters. The van der Waals surface area contributed by atoms with Gasteiger partial charge in [0.1, 0.15) is 23.4 Å². The molecule has 36 heavy (non-hydrogen) atoms. The Bertz CT molecular complexity index is 1300. The van der Waals surface area contributed by atoms with Crippen molar-refractivity contribution < 1.29 is 36.6 Å². The first kappa shape index (κ1) is 24.2. The van der Waals surface area contributed by atoms with Crippen molar-refractivity contribution in [1.82, 2.24) is 0 Å². The van der Waals surface area contributed by atoms with Crippen molar-refractivity contribution in [2.75, 3.05) is 13.7 Å². The summed E-state index contributed by atoms with van der Waals surface area (Å²) in [5.41, 5.74) is 1.71. The van der Waals surface area contributed by atoms with E-state index in [-0.39, 0.29) is 35.9 Å². The van der Waals surface area contributed by atoms with Gasteiger partial charge < -0.3 is 14.2 Å². The van der Waals surface area contributed by atoms with Crippen molar-refractivity contribution in [2.45, 2.75) is 43.9 Å². The van der Waals surface area contributed by atoms with Crippen molar-refractivity contribution in [3.63, 3.8) is 0 Å². The number of ether oxygens (including phenoxy) is 3. The molecular formula is C28H24F4O4. The summed E-state index contributed by atoms with van der Waals surface area (Å²) in [6.07, 6.45) is -4.02. The minimum atomic E-state index is -4.55. The highest BCUT2D eigenvalue weighted by Gasteiger charge is 2.38. The first-order chi connectivity index (χ1) is 17.2. The lowest BCUT2D eigenvalue weighted by atomic mass is 9.91. The van der Waals surface area contributed by atoms with E-state index >= 15 is 0 Å². The smallest absolute Gasteiger partial charge is 0.416 e. The summed E-state index contributed by atoms with van der Waals surface area (Å²) in [4.78, 5) is 11.6. The highest BCUT2D eigenvalue weighted by molar-refractivity contribution is 5.71. The second kappa shape index (κ2) is 9.48. The number of alkyl halides is 3. The zero-order valence-corrected chi connectivity index (χ0v) is 19.5. The summed E-state index contributed by atoms with van der Waals surface area (Å²) in [5, 5.41) is 0. The standard InChI is InChI=1S/C28H24F4O4/c1-34-27(33)13-17-15-35-26-14-18(6-7-19(17)26)36-25-11-9-20-21(25)8-10-23(28(30,31)32)22(20)12-16-4-2-3-5-24(16)29/h2-8,10,14,17,25H,9,11-13,15H2,1H3. The zero-order valence-electron chi connectivity index (χ0n) is 19.5. The van der Waals surface area contributed by atoms with Crippen molar-refractivity contribution in [3.8, 4) is 11.5 Å². The van der Waals surface area contributed by atoms with Gasteiger partial charge in [-0.25, -0.2) is 4.39 Å². The fourth-order valence-corrected chi connectivity index (χ4v) is 5.11. The van der Waals surface area contributed by atoms with Gasteiger partial charge in [-0.2, -0.15) is 13.2 Å². The lowest BCUT2D eigenvalue weighted by molar-refractivity contribution is -0.141. The molecule has 1 aliphatic heterocycles. The van der Waals surface area contributed by atoms with Gasteiger partial charge in [0, 0.05) is 24.0 Å². The minimum Gasteiger partial charge on any atom is -0.492 e. The third-order valence-electron chi connectivity index (χ3n) is 6.89. The van der Waals surface area contributed by atoms with E-state index in [2.05, 4.69) is 0 Å². The Hall–Kier alpha value is -3.55. The molecule has 2 unspecified atom stereocenters. The van der Waals surface area contributed by atoms with E-state index in [4.69, 9.17) is 14.2 Å². The van der Waals surface area contributed by atoms with E-state index < -0.39 is 23.7 Å². The van der Waals surface area contributed by atoms with Gasteiger partial charge in [-0.15, -0.1) is 0 Å². The maximum atomic E-state index is 14.3. The summed E-state index contributed by atoms with van der Waals surface area (Å²) in [6, 6.07) is 13.8. The van der Waals surface area contributed by atoms with Crippen LogP contribution in [-0.4, -0.2) is 19.7 Å². The molecule has 0 saturated carbocycles. The average Bonchev–Trinajstić information content (AvgIpc) is 3.44. The quantitative estimate of drug-likeness (QED) is 0.285. The van der Waals surface area contributed by atoms with Crippen LogP contribution in [0.25, 0.3) is 0 Å². The van der Waals surface area contributed by atoms with E-state index in [1.54, 1.807) is 18.2 Å². The van der Waals surface area contributed by atoms with Crippen molar-refractivity contribution in [3.05, 3.63) is 93.8 Å². The SMILES string of the molecule is COC(=O)CC1COc2cc(OC3CCc4c3ccc(C(F)(F)F)c4Cc3ccccc3F)ccc21. The Balaban J connectivity index is 1.42. The Morgan fingerprint density at radius 3 is 2.61 bits per heavy atom. The molecule has 0 fully saturated rings. The average molecular weight is 500 g/mol. The number of benzene rings is 3. The normalized spacial score (nSPS) is 18.4. The fraction of sp³-hybridized carbons (Fsp3) is 0.321. The molecule has 0 amide bonds. The number of carbonyl (C=O) groups is 1. The highest BCUT2D eigenvalue weighted by Crippen LogP contribution is 2.44. The van der Waals surface area contributed by atoms with Crippen molar-refractivity contribution >= 4 is 5.97 Å². The monoisotopic (exact) mass is 500 g/mol. The summed E-state index contributed by atoms with van der Waals surface area (Å²) in [5.74, 6) is 0.199. The fourth-order valence-electron chi connectivity index (χ4n) is 5.11. The van der Waals surface area contributed by atoms with Crippen LogP contribution in [0.2, 0.25) is 0 Å². The van der Waals surface area contributed by atoms with Crippen molar-refractivity contribution in [1.29, 1.82) is 0 Å². The van der Waals surface area contributed by atoms with Gasteiger partial charge in [-0.3, -0.25) is 4.79 Å². The molecule has 0 saturated heterocycles. The largest absolute Gasteiger partial charge is 0.492 e. The summed E-state index contributed by atoms with van der Waals surface area (Å²) in [6.45, 7) is 0.361. The Morgan fingerprint density at radius 1 is 1.08 bits per heavy atom. The molecule has 3 aromatic rings. The molecule has 8 heteroatoms. The van der Waals surface area contributed by atoms with E-state index in [1.165, 1.54) is 31.4 Å². The predicted octanol–water partition coefficient (Wildman–Crippen LogP) is 6.54. The molecule has 5 rings (SSSR count). The Morgan fingerprint density at radius 2 is 1.86 bits per heavy atom. The molecule has 188 valence electrons. The van der Waals surface area contributed by atoms with Crippen LogP contribution in [0.1, 0.15) is 58.2 Å². The number of carbonyl (C=O) groups excluding carboxylic acids is 1. The summed E-state index contributed by atoms with van der Waals surface area (Å²) in [7, 11) is 1.34. The maximum Gasteiger partial charge on any atom is 0.416 e. The molecule has 0 aromatic heterocycles. The number of methoxy groups -OCH3 is 1. The number of hydrogen-bond acceptors (Lipinski definition) is 4. The summed E-state index contributed by atoms with van der Waals surface area (Å²) >= 11 is 0. The molecule has 1 heterocycles. The minimum absolute atomic E-state index is 0.0964. The number of esters is 1. The van der Waals surface area contributed by atoms with Crippen LogP contribution in [0.3, 0.4) is 0 Å². The first-order valence-corrected chi connectivity index (χ1v) is 11.7. The van der Waals surface area contributed by atoms with Gasteiger partial charge in [0.2, 0.25) is 0 Å². The predicted molar refractivity (Wildman–Crippen MR) is 124 cm³/mol. The van der Waals surface area contributed by atoms with Gasteiger partial charge in [-0.1, -0.05) is 30.3 Å². The third kappa shape index (κ3) is 4.64. The molecule has 0 spiro atoms. The van der Waals surface area contributed by atoms with Crippen LogP contribution >= 0.6 is 0 Å². The molecule has 4 nitrogen and oxygen atoms in total. The van der Waals surface area contributed by atoms with E-state index in [0.717, 1.165) is 11.6 Å². The van der Waals surface area contributed by atoms with Gasteiger partial charge in [-0.05, 0) is 53.3 Å². The number of fused-ring (bicyclic) bond motifs is 2. The van der Waals surface area contributed by atoms with Gasteiger partial charge in [0.15, 0.2) is 0 Å². The van der Waals surface area contributed by atoms with E-state index in [1.807, 2.05) is 6.07 Å². The molecule has 0 N–H and O–H groups in total. The van der Waals surface area contributed by atoms with E-state index in [0.29, 0.717) is 42.1 Å². The maximum absolute atomic E-state index is 14.3. The van der Waals surface area contributed by atoms with Gasteiger partial charge in [0.05, 0.1) is 25.7 Å². The van der Waals surface area contributed by atoms with Crippen LogP contribution in [0.4, 0.5) is 17.6 Å². The van der Waals surface area contributed by atoms with E-state index in [9.17, 15) is 22.4 Å². The lowest BCUT2D eigenvalue weighted by Crippen LogP contribution is -2.13. The van der Waals surface area contributed by atoms with Gasteiger partial charge >= 0.3 is 12.1 Å². The number of hydrogen-bond donors (Lipinski definition) is 0. The zero-order chi connectivity index (χ0) is 25.4. The van der Waals surface area contributed by atoms with Crippen LogP contribution in [0, 0.1) is 5.82 Å². The highest BCUT2D eigenvalue weighted by atomic mass is 19.4. The van der Waals surface area contributed by atoms with Crippen LogP contribution in [0.15, 0.2) is 54.6 Å². The molecule has 2 aliphatic rings. The number of rotatable bonds is 6. The van der Waals surface area contributed by atoms with Gasteiger partial charge in [0.25, 0.3) is 0 Å². The second-order valence-electron chi connectivity index (χ2n) is 9.06. The summed E-state index contributed by atoms with van der Waals surface area (Å²) < 4.78 is 72.5. The molecular weight excluding hydrogens is 476 g/mol.